The maximum absolute atomic E-state index is 13.8. The van der Waals surface area contributed by atoms with Gasteiger partial charge in [-0.3, -0.25) is 4.79 Å². The monoisotopic (exact) mass is 445 g/mol. The quantitative estimate of drug-likeness (QED) is 0.492. The molecule has 1 saturated heterocycles. The Balaban J connectivity index is 1.24. The number of rotatable bonds is 6. The summed E-state index contributed by atoms with van der Waals surface area (Å²) in [6.07, 6.45) is 3.32. The summed E-state index contributed by atoms with van der Waals surface area (Å²) in [7, 11) is 0. The van der Waals surface area contributed by atoms with Crippen molar-refractivity contribution in [2.24, 2.45) is 0 Å². The summed E-state index contributed by atoms with van der Waals surface area (Å²) in [5.74, 6) is -0.116. The number of nitrogens with one attached hydrogen (secondary N) is 1. The van der Waals surface area contributed by atoms with E-state index in [0.717, 1.165) is 37.4 Å². The Hall–Kier alpha value is -4.01. The lowest BCUT2D eigenvalue weighted by atomic mass is 10.2. The number of para-hydroxylation sites is 1. The molecule has 1 aliphatic rings. The van der Waals surface area contributed by atoms with Gasteiger partial charge in [-0.25, -0.2) is 19.0 Å². The lowest BCUT2D eigenvalue weighted by Crippen LogP contribution is -2.46. The molecule has 1 amide bonds. The molecule has 8 nitrogen and oxygen atoms in total. The smallest absolute Gasteiger partial charge is 0.254 e. The van der Waals surface area contributed by atoms with Crippen LogP contribution in [0, 0.1) is 5.82 Å². The lowest BCUT2D eigenvalue weighted by Gasteiger charge is -2.36. The van der Waals surface area contributed by atoms with Crippen molar-refractivity contribution in [2.45, 2.75) is 6.54 Å². The number of benzene rings is 2. The van der Waals surface area contributed by atoms with Crippen LogP contribution in [0.25, 0.3) is 11.0 Å². The number of carbonyl (C=O) groups is 1. The average molecular weight is 446 g/mol. The first kappa shape index (κ1) is 20.9. The van der Waals surface area contributed by atoms with Crippen LogP contribution in [0.1, 0.15) is 10.4 Å². The zero-order valence-electron chi connectivity index (χ0n) is 18.1. The van der Waals surface area contributed by atoms with E-state index in [0.29, 0.717) is 18.7 Å². The molecule has 0 bridgehead atoms. The predicted octanol–water partition coefficient (Wildman–Crippen LogP) is 2.72. The van der Waals surface area contributed by atoms with Crippen molar-refractivity contribution in [3.63, 3.8) is 0 Å². The van der Waals surface area contributed by atoms with E-state index < -0.39 is 11.7 Å². The van der Waals surface area contributed by atoms with Crippen molar-refractivity contribution in [3.05, 3.63) is 78.5 Å². The van der Waals surface area contributed by atoms with Gasteiger partial charge in [0.25, 0.3) is 5.91 Å². The summed E-state index contributed by atoms with van der Waals surface area (Å²) >= 11 is 0. The number of aromatic nitrogens is 4. The number of amides is 1. The Kier molecular flexibility index (Phi) is 5.84. The molecule has 33 heavy (non-hydrogen) atoms. The molecule has 5 rings (SSSR count). The highest BCUT2D eigenvalue weighted by Gasteiger charge is 2.21. The summed E-state index contributed by atoms with van der Waals surface area (Å²) in [4.78, 5) is 25.8. The van der Waals surface area contributed by atoms with Gasteiger partial charge < -0.3 is 15.1 Å². The van der Waals surface area contributed by atoms with Gasteiger partial charge in [0.15, 0.2) is 5.65 Å². The Bertz CT molecular complexity index is 1250. The summed E-state index contributed by atoms with van der Waals surface area (Å²) < 4.78 is 15.5. The minimum Gasteiger partial charge on any atom is -0.368 e. The number of halogens is 1. The molecule has 2 aromatic carbocycles. The molecule has 0 radical (unpaired) electrons. The van der Waals surface area contributed by atoms with E-state index in [1.165, 1.54) is 17.8 Å². The molecule has 0 aliphatic carbocycles. The van der Waals surface area contributed by atoms with Crippen LogP contribution in [0.4, 0.5) is 15.9 Å². The molecule has 168 valence electrons. The molecule has 0 unspecified atom stereocenters. The number of hydrogen-bond acceptors (Lipinski definition) is 6. The van der Waals surface area contributed by atoms with Gasteiger partial charge in [-0.05, 0) is 24.3 Å². The summed E-state index contributed by atoms with van der Waals surface area (Å²) in [5.41, 5.74) is 1.97. The molecule has 1 fully saturated rings. The van der Waals surface area contributed by atoms with Crippen LogP contribution in [0.5, 0.6) is 0 Å². The fraction of sp³-hybridized carbons (Fsp3) is 0.250. The molecule has 1 N–H and O–H groups in total. The van der Waals surface area contributed by atoms with Gasteiger partial charge in [-0.15, -0.1) is 0 Å². The molecule has 1 aliphatic heterocycles. The van der Waals surface area contributed by atoms with Crippen LogP contribution < -0.4 is 15.1 Å². The maximum atomic E-state index is 13.8. The zero-order chi connectivity index (χ0) is 22.6. The highest BCUT2D eigenvalue weighted by atomic mass is 19.1. The third kappa shape index (κ3) is 4.34. The number of hydrogen-bond donors (Lipinski definition) is 1. The van der Waals surface area contributed by atoms with Crippen LogP contribution in [0.3, 0.4) is 0 Å². The van der Waals surface area contributed by atoms with Crippen LogP contribution in [0.2, 0.25) is 0 Å². The maximum Gasteiger partial charge on any atom is 0.254 e. The minimum atomic E-state index is -0.538. The van der Waals surface area contributed by atoms with E-state index in [9.17, 15) is 9.18 Å². The Labute approximate surface area is 190 Å². The third-order valence-electron chi connectivity index (χ3n) is 5.84. The molecule has 3 heterocycles. The number of fused-ring (bicyclic) bond motifs is 1. The van der Waals surface area contributed by atoms with Crippen molar-refractivity contribution < 1.29 is 9.18 Å². The van der Waals surface area contributed by atoms with Crippen molar-refractivity contribution in [1.82, 2.24) is 25.1 Å². The highest BCUT2D eigenvalue weighted by molar-refractivity contribution is 5.94. The van der Waals surface area contributed by atoms with Crippen LogP contribution in [-0.4, -0.2) is 58.4 Å². The molecule has 0 atom stereocenters. The standard InChI is InChI=1S/C24H24FN7O/c25-21-9-5-4-8-19(21)24(33)26-10-11-32-23-20(16-29-32)22(27-17-28-23)31-14-12-30(13-15-31)18-6-2-1-3-7-18/h1-9,16-17H,10-15H2,(H,26,33). The number of anilines is 2. The van der Waals surface area contributed by atoms with E-state index >= 15 is 0 Å². The predicted molar refractivity (Wildman–Crippen MR) is 125 cm³/mol. The second-order valence-electron chi connectivity index (χ2n) is 7.85. The zero-order valence-corrected chi connectivity index (χ0v) is 18.1. The van der Waals surface area contributed by atoms with E-state index in [1.807, 2.05) is 6.07 Å². The average Bonchev–Trinajstić information content (AvgIpc) is 3.28. The number of carbonyl (C=O) groups excluding carboxylic acids is 1. The van der Waals surface area contributed by atoms with Gasteiger partial charge in [0.1, 0.15) is 18.0 Å². The number of nitrogens with zero attached hydrogens (tertiary/aromatic N) is 6. The first-order chi connectivity index (χ1) is 16.2. The normalized spacial score (nSPS) is 14.0. The Morgan fingerprint density at radius 1 is 0.939 bits per heavy atom. The number of piperazine rings is 1. The van der Waals surface area contributed by atoms with Gasteiger partial charge >= 0.3 is 0 Å². The van der Waals surface area contributed by atoms with Gasteiger partial charge in [-0.1, -0.05) is 30.3 Å². The SMILES string of the molecule is O=C(NCCn1ncc2c(N3CCN(c4ccccc4)CC3)ncnc21)c1ccccc1F. The van der Waals surface area contributed by atoms with E-state index in [4.69, 9.17) is 0 Å². The van der Waals surface area contributed by atoms with Crippen molar-refractivity contribution in [2.75, 3.05) is 42.5 Å². The lowest BCUT2D eigenvalue weighted by molar-refractivity contribution is 0.0948. The fourth-order valence-corrected chi connectivity index (χ4v) is 4.13. The van der Waals surface area contributed by atoms with Crippen molar-refractivity contribution >= 4 is 28.4 Å². The van der Waals surface area contributed by atoms with Gasteiger partial charge in [-0.2, -0.15) is 5.10 Å². The topological polar surface area (TPSA) is 79.2 Å². The Morgan fingerprint density at radius 3 is 2.45 bits per heavy atom. The summed E-state index contributed by atoms with van der Waals surface area (Å²) in [6, 6.07) is 16.3. The fourth-order valence-electron chi connectivity index (χ4n) is 4.13. The third-order valence-corrected chi connectivity index (χ3v) is 5.84. The Morgan fingerprint density at radius 2 is 1.67 bits per heavy atom. The molecular weight excluding hydrogens is 421 g/mol. The first-order valence-electron chi connectivity index (χ1n) is 10.9. The first-order valence-corrected chi connectivity index (χ1v) is 10.9. The molecule has 9 heteroatoms. The van der Waals surface area contributed by atoms with Crippen LogP contribution >= 0.6 is 0 Å². The molecule has 0 spiro atoms. The largest absolute Gasteiger partial charge is 0.368 e. The van der Waals surface area contributed by atoms with E-state index in [1.54, 1.807) is 29.3 Å². The second-order valence-corrected chi connectivity index (χ2v) is 7.85. The van der Waals surface area contributed by atoms with E-state index in [2.05, 4.69) is 54.4 Å². The molecule has 2 aromatic heterocycles. The molecule has 4 aromatic rings. The van der Waals surface area contributed by atoms with Crippen LogP contribution in [-0.2, 0) is 6.54 Å². The second kappa shape index (κ2) is 9.23. The van der Waals surface area contributed by atoms with Gasteiger partial charge in [0, 0.05) is 38.4 Å². The molecular formula is C24H24FN7O. The van der Waals surface area contributed by atoms with E-state index in [-0.39, 0.29) is 5.56 Å². The van der Waals surface area contributed by atoms with Gasteiger partial charge in [0.2, 0.25) is 0 Å². The van der Waals surface area contributed by atoms with Crippen molar-refractivity contribution in [3.8, 4) is 0 Å². The summed E-state index contributed by atoms with van der Waals surface area (Å²) in [5, 5.41) is 8.07. The van der Waals surface area contributed by atoms with Crippen molar-refractivity contribution in [1.29, 1.82) is 0 Å². The minimum absolute atomic E-state index is 0.0297. The highest BCUT2D eigenvalue weighted by Crippen LogP contribution is 2.25. The molecule has 0 saturated carbocycles. The summed E-state index contributed by atoms with van der Waals surface area (Å²) in [6.45, 7) is 4.24. The van der Waals surface area contributed by atoms with Gasteiger partial charge in [0.05, 0.1) is 23.7 Å². The van der Waals surface area contributed by atoms with Crippen LogP contribution in [0.15, 0.2) is 67.1 Å².